The summed E-state index contributed by atoms with van der Waals surface area (Å²) in [5, 5.41) is 1.13. The molecule has 1 aromatic heterocycles. The maximum Gasteiger partial charge on any atom is 0.164 e. The predicted molar refractivity (Wildman–Crippen MR) is 84.4 cm³/mol. The van der Waals surface area contributed by atoms with E-state index in [0.717, 1.165) is 16.5 Å². The topological polar surface area (TPSA) is 25.8 Å². The van der Waals surface area contributed by atoms with Crippen LogP contribution in [0.3, 0.4) is 0 Å². The fourth-order valence-electron chi connectivity index (χ4n) is 2.39. The molecule has 0 aliphatic carbocycles. The molecule has 0 atom stereocenters. The molecule has 0 unspecified atom stereocenters. The summed E-state index contributed by atoms with van der Waals surface area (Å²) in [4.78, 5) is 8.66. The zero-order valence-corrected chi connectivity index (χ0v) is 12.9. The average Bonchev–Trinajstić information content (AvgIpc) is 2.40. The van der Waals surface area contributed by atoms with Crippen molar-refractivity contribution in [2.24, 2.45) is 0 Å². The highest BCUT2D eigenvalue weighted by atomic mass is 35.5. The molecule has 2 aromatic carbocycles. The number of hydrogen-bond acceptors (Lipinski definition) is 2. The largest absolute Gasteiger partial charge is 0.228 e. The van der Waals surface area contributed by atoms with Crippen LogP contribution >= 0.6 is 23.2 Å². The first-order valence-corrected chi connectivity index (χ1v) is 7.12. The Balaban J connectivity index is 2.33. The van der Waals surface area contributed by atoms with Crippen LogP contribution in [-0.4, -0.2) is 9.97 Å². The minimum Gasteiger partial charge on any atom is -0.228 e. The van der Waals surface area contributed by atoms with Gasteiger partial charge in [-0.1, -0.05) is 35.3 Å². The maximum absolute atomic E-state index is 14.1. The summed E-state index contributed by atoms with van der Waals surface area (Å²) in [5.74, 6) is -0.309. The Labute approximate surface area is 131 Å². The van der Waals surface area contributed by atoms with Crippen molar-refractivity contribution in [1.82, 2.24) is 9.97 Å². The molecular formula is C16H11Cl2FN2. The van der Waals surface area contributed by atoms with Gasteiger partial charge in [0.2, 0.25) is 0 Å². The van der Waals surface area contributed by atoms with Gasteiger partial charge in [0.25, 0.3) is 0 Å². The highest BCUT2D eigenvalue weighted by Gasteiger charge is 2.15. The van der Waals surface area contributed by atoms with Gasteiger partial charge in [-0.25, -0.2) is 14.4 Å². The normalized spacial score (nSPS) is 11.1. The molecule has 0 spiro atoms. The van der Waals surface area contributed by atoms with E-state index >= 15 is 0 Å². The summed E-state index contributed by atoms with van der Waals surface area (Å²) in [6, 6.07) is 8.64. The maximum atomic E-state index is 14.1. The molecule has 0 saturated carbocycles. The molecule has 0 aliphatic rings. The standard InChI is InChI=1S/C16H11Cl2FN2/c1-8-6-9(2)13-12(7-8)20-16(21-15(13)18)10-4-3-5-11(17)14(10)19/h3-7H,1-2H3. The number of hydrogen-bond donors (Lipinski definition) is 0. The summed E-state index contributed by atoms with van der Waals surface area (Å²) in [6.45, 7) is 3.92. The molecule has 0 radical (unpaired) electrons. The van der Waals surface area contributed by atoms with Gasteiger partial charge in [0.15, 0.2) is 11.6 Å². The zero-order chi connectivity index (χ0) is 15.1. The molecule has 21 heavy (non-hydrogen) atoms. The lowest BCUT2D eigenvalue weighted by molar-refractivity contribution is 0.630. The Morgan fingerprint density at radius 2 is 1.81 bits per heavy atom. The van der Waals surface area contributed by atoms with Gasteiger partial charge in [-0.05, 0) is 43.2 Å². The summed E-state index contributed by atoms with van der Waals surface area (Å²) < 4.78 is 14.1. The second kappa shape index (κ2) is 5.24. The van der Waals surface area contributed by atoms with Crippen molar-refractivity contribution in [3.63, 3.8) is 0 Å². The van der Waals surface area contributed by atoms with Crippen LogP contribution in [0.25, 0.3) is 22.3 Å². The van der Waals surface area contributed by atoms with Crippen molar-refractivity contribution < 1.29 is 4.39 Å². The van der Waals surface area contributed by atoms with E-state index in [2.05, 4.69) is 9.97 Å². The Kier molecular flexibility index (Phi) is 3.56. The first-order valence-electron chi connectivity index (χ1n) is 6.36. The molecule has 3 aromatic rings. The Bertz CT molecular complexity index is 863. The van der Waals surface area contributed by atoms with Crippen LogP contribution in [-0.2, 0) is 0 Å². The van der Waals surface area contributed by atoms with Crippen LogP contribution in [0.1, 0.15) is 11.1 Å². The number of nitrogens with zero attached hydrogens (tertiary/aromatic N) is 2. The van der Waals surface area contributed by atoms with E-state index in [4.69, 9.17) is 23.2 Å². The van der Waals surface area contributed by atoms with Crippen molar-refractivity contribution in [3.05, 3.63) is 57.5 Å². The molecular weight excluding hydrogens is 310 g/mol. The highest BCUT2D eigenvalue weighted by Crippen LogP contribution is 2.30. The molecule has 0 N–H and O–H groups in total. The third-order valence-corrected chi connectivity index (χ3v) is 3.85. The Hall–Kier alpha value is -1.71. The van der Waals surface area contributed by atoms with E-state index < -0.39 is 5.82 Å². The molecule has 0 bridgehead atoms. The molecule has 2 nitrogen and oxygen atoms in total. The van der Waals surface area contributed by atoms with Crippen LogP contribution in [0.4, 0.5) is 4.39 Å². The van der Waals surface area contributed by atoms with Gasteiger partial charge >= 0.3 is 0 Å². The number of benzene rings is 2. The number of fused-ring (bicyclic) bond motifs is 1. The van der Waals surface area contributed by atoms with Gasteiger partial charge in [0, 0.05) is 5.39 Å². The molecule has 106 valence electrons. The molecule has 1 heterocycles. The van der Waals surface area contributed by atoms with E-state index in [1.807, 2.05) is 26.0 Å². The van der Waals surface area contributed by atoms with E-state index in [0.29, 0.717) is 10.7 Å². The lowest BCUT2D eigenvalue weighted by Gasteiger charge is -2.09. The van der Waals surface area contributed by atoms with Crippen molar-refractivity contribution in [2.75, 3.05) is 0 Å². The average molecular weight is 321 g/mol. The first-order chi connectivity index (χ1) is 9.97. The predicted octanol–water partition coefficient (Wildman–Crippen LogP) is 5.36. The van der Waals surface area contributed by atoms with Gasteiger partial charge in [-0.15, -0.1) is 0 Å². The van der Waals surface area contributed by atoms with E-state index in [9.17, 15) is 4.39 Å². The summed E-state index contributed by atoms with van der Waals surface area (Å²) in [6.07, 6.45) is 0. The minimum atomic E-state index is -0.543. The number of rotatable bonds is 1. The molecule has 0 saturated heterocycles. The summed E-state index contributed by atoms with van der Waals surface area (Å²) in [7, 11) is 0. The van der Waals surface area contributed by atoms with Crippen LogP contribution in [0.15, 0.2) is 30.3 Å². The molecule has 5 heteroatoms. The molecule has 3 rings (SSSR count). The highest BCUT2D eigenvalue weighted by molar-refractivity contribution is 6.34. The van der Waals surface area contributed by atoms with E-state index in [1.54, 1.807) is 12.1 Å². The molecule has 0 aliphatic heterocycles. The van der Waals surface area contributed by atoms with Crippen molar-refractivity contribution >= 4 is 34.1 Å². The first kappa shape index (κ1) is 14.2. The van der Waals surface area contributed by atoms with Crippen molar-refractivity contribution in [2.45, 2.75) is 13.8 Å². The monoisotopic (exact) mass is 320 g/mol. The van der Waals surface area contributed by atoms with Gasteiger partial charge in [-0.3, -0.25) is 0 Å². The number of aromatic nitrogens is 2. The fourth-order valence-corrected chi connectivity index (χ4v) is 2.89. The smallest absolute Gasteiger partial charge is 0.164 e. The fraction of sp³-hybridized carbons (Fsp3) is 0.125. The SMILES string of the molecule is Cc1cc(C)c2c(Cl)nc(-c3cccc(Cl)c3F)nc2c1. The van der Waals surface area contributed by atoms with Gasteiger partial charge < -0.3 is 0 Å². The molecule has 0 fully saturated rings. The third-order valence-electron chi connectivity index (χ3n) is 3.29. The summed E-state index contributed by atoms with van der Waals surface area (Å²) in [5.41, 5.74) is 2.99. The third kappa shape index (κ3) is 2.47. The quantitative estimate of drug-likeness (QED) is 0.564. The summed E-state index contributed by atoms with van der Waals surface area (Å²) >= 11 is 12.1. The van der Waals surface area contributed by atoms with Gasteiger partial charge in [-0.2, -0.15) is 0 Å². The van der Waals surface area contributed by atoms with Crippen molar-refractivity contribution in [1.29, 1.82) is 0 Å². The van der Waals surface area contributed by atoms with E-state index in [-0.39, 0.29) is 16.4 Å². The van der Waals surface area contributed by atoms with Crippen LogP contribution in [0.5, 0.6) is 0 Å². The zero-order valence-electron chi connectivity index (χ0n) is 11.4. The molecule has 0 amide bonds. The lowest BCUT2D eigenvalue weighted by Crippen LogP contribution is -1.96. The number of aryl methyl sites for hydroxylation is 2. The second-order valence-electron chi connectivity index (χ2n) is 4.92. The Morgan fingerprint density at radius 1 is 1.05 bits per heavy atom. The van der Waals surface area contributed by atoms with Crippen LogP contribution < -0.4 is 0 Å². The van der Waals surface area contributed by atoms with Gasteiger partial charge in [0.1, 0.15) is 5.15 Å². The second-order valence-corrected chi connectivity index (χ2v) is 5.68. The van der Waals surface area contributed by atoms with E-state index in [1.165, 1.54) is 6.07 Å². The Morgan fingerprint density at radius 3 is 2.57 bits per heavy atom. The van der Waals surface area contributed by atoms with Crippen LogP contribution in [0.2, 0.25) is 10.2 Å². The minimum absolute atomic E-state index is 0.0349. The van der Waals surface area contributed by atoms with Gasteiger partial charge in [0.05, 0.1) is 16.1 Å². The lowest BCUT2D eigenvalue weighted by atomic mass is 10.1. The number of halogens is 3. The van der Waals surface area contributed by atoms with Crippen molar-refractivity contribution in [3.8, 4) is 11.4 Å². The van der Waals surface area contributed by atoms with Crippen LogP contribution in [0, 0.1) is 19.7 Å².